The maximum absolute atomic E-state index is 12.0. The molecule has 0 unspecified atom stereocenters. The lowest BCUT2D eigenvalue weighted by molar-refractivity contribution is 0.108. The topological polar surface area (TPSA) is 55.4 Å². The molecule has 1 saturated heterocycles. The number of ether oxygens (including phenoxy) is 1. The van der Waals surface area contributed by atoms with Crippen molar-refractivity contribution in [2.75, 3.05) is 12.4 Å². The van der Waals surface area contributed by atoms with E-state index in [9.17, 15) is 8.42 Å². The first-order chi connectivity index (χ1) is 9.05. The Morgan fingerprint density at radius 1 is 1.58 bits per heavy atom. The van der Waals surface area contributed by atoms with Crippen molar-refractivity contribution >= 4 is 21.4 Å². The molecular formula is C13H21NO3S2. The van der Waals surface area contributed by atoms with Crippen molar-refractivity contribution in [2.24, 2.45) is 0 Å². The fraction of sp³-hybridized carbons (Fsp3) is 0.692. The molecule has 1 aromatic heterocycles. The molecule has 6 heteroatoms. The van der Waals surface area contributed by atoms with Crippen LogP contribution in [0.25, 0.3) is 0 Å². The van der Waals surface area contributed by atoms with Crippen molar-refractivity contribution in [1.82, 2.24) is 4.72 Å². The molecule has 1 N–H and O–H groups in total. The van der Waals surface area contributed by atoms with E-state index in [-0.39, 0.29) is 17.9 Å². The summed E-state index contributed by atoms with van der Waals surface area (Å²) in [5, 5.41) is 4.06. The van der Waals surface area contributed by atoms with E-state index in [0.717, 1.165) is 25.9 Å². The Labute approximate surface area is 119 Å². The van der Waals surface area contributed by atoms with E-state index in [1.807, 2.05) is 18.4 Å². The van der Waals surface area contributed by atoms with Gasteiger partial charge in [0, 0.05) is 12.6 Å². The maximum atomic E-state index is 12.0. The lowest BCUT2D eigenvalue weighted by atomic mass is 10.1. The molecule has 108 valence electrons. The molecule has 1 aliphatic heterocycles. The van der Waals surface area contributed by atoms with Crippen LogP contribution < -0.4 is 4.72 Å². The van der Waals surface area contributed by atoms with Crippen molar-refractivity contribution in [3.05, 3.63) is 22.4 Å². The number of hydrogen-bond acceptors (Lipinski definition) is 4. The third-order valence-corrected chi connectivity index (χ3v) is 5.50. The summed E-state index contributed by atoms with van der Waals surface area (Å²) in [6, 6.07) is 1.96. The molecule has 1 aliphatic rings. The molecule has 0 spiro atoms. The number of nitrogens with one attached hydrogen (secondary N) is 1. The Morgan fingerprint density at radius 2 is 2.42 bits per heavy atom. The van der Waals surface area contributed by atoms with Gasteiger partial charge in [-0.3, -0.25) is 0 Å². The Hall–Kier alpha value is -0.430. The zero-order chi connectivity index (χ0) is 13.7. The maximum Gasteiger partial charge on any atom is 0.211 e. The monoisotopic (exact) mass is 303 g/mol. The average molecular weight is 303 g/mol. The van der Waals surface area contributed by atoms with Gasteiger partial charge in [0.25, 0.3) is 0 Å². The normalized spacial score (nSPS) is 21.6. The van der Waals surface area contributed by atoms with E-state index in [4.69, 9.17) is 4.74 Å². The lowest BCUT2D eigenvalue weighted by Gasteiger charge is -2.15. The third-order valence-electron chi connectivity index (χ3n) is 3.24. The summed E-state index contributed by atoms with van der Waals surface area (Å²) < 4.78 is 32.1. The van der Waals surface area contributed by atoms with Crippen LogP contribution in [0, 0.1) is 0 Å². The minimum absolute atomic E-state index is 0.0657. The van der Waals surface area contributed by atoms with E-state index in [1.165, 1.54) is 5.56 Å². The standard InChI is InChI=1S/C13H21NO3S2/c1-11(9-12-4-7-18-10-12)14-19(15,16)8-5-13-3-2-6-17-13/h4,7,10-11,13-14H,2-3,5-6,8-9H2,1H3/t11-,13+/m1/s1. The summed E-state index contributed by atoms with van der Waals surface area (Å²) in [5.74, 6) is 0.158. The van der Waals surface area contributed by atoms with Gasteiger partial charge in [0.05, 0.1) is 11.9 Å². The van der Waals surface area contributed by atoms with E-state index < -0.39 is 10.0 Å². The Kier molecular flexibility index (Phi) is 5.38. The van der Waals surface area contributed by atoms with Gasteiger partial charge in [-0.15, -0.1) is 0 Å². The van der Waals surface area contributed by atoms with Crippen LogP contribution in [0.1, 0.15) is 31.7 Å². The molecule has 0 radical (unpaired) electrons. The molecule has 19 heavy (non-hydrogen) atoms. The van der Waals surface area contributed by atoms with Crippen LogP contribution in [0.2, 0.25) is 0 Å². The highest BCUT2D eigenvalue weighted by Crippen LogP contribution is 2.16. The quantitative estimate of drug-likeness (QED) is 0.840. The molecule has 4 nitrogen and oxygen atoms in total. The Balaban J connectivity index is 1.75. The summed E-state index contributed by atoms with van der Waals surface area (Å²) in [5.41, 5.74) is 1.18. The second-order valence-electron chi connectivity index (χ2n) is 5.10. The van der Waals surface area contributed by atoms with Gasteiger partial charge in [0.1, 0.15) is 0 Å². The third kappa shape index (κ3) is 5.22. The predicted molar refractivity (Wildman–Crippen MR) is 78.0 cm³/mol. The lowest BCUT2D eigenvalue weighted by Crippen LogP contribution is -2.36. The van der Waals surface area contributed by atoms with Crippen LogP contribution in [0.5, 0.6) is 0 Å². The van der Waals surface area contributed by atoms with Crippen molar-refractivity contribution < 1.29 is 13.2 Å². The molecule has 2 heterocycles. The van der Waals surface area contributed by atoms with Gasteiger partial charge < -0.3 is 4.74 Å². The highest BCUT2D eigenvalue weighted by atomic mass is 32.2. The zero-order valence-electron chi connectivity index (χ0n) is 11.2. The highest BCUT2D eigenvalue weighted by Gasteiger charge is 2.20. The van der Waals surface area contributed by atoms with Crippen molar-refractivity contribution in [1.29, 1.82) is 0 Å². The fourth-order valence-corrected chi connectivity index (χ4v) is 4.40. The fourth-order valence-electron chi connectivity index (χ4n) is 2.33. The Bertz CT molecular complexity index is 464. The number of rotatable bonds is 7. The van der Waals surface area contributed by atoms with Gasteiger partial charge in [-0.1, -0.05) is 0 Å². The van der Waals surface area contributed by atoms with Crippen LogP contribution in [0.4, 0.5) is 0 Å². The molecule has 0 saturated carbocycles. The van der Waals surface area contributed by atoms with Crippen LogP contribution in [-0.4, -0.2) is 32.9 Å². The van der Waals surface area contributed by atoms with Gasteiger partial charge in [0.2, 0.25) is 10.0 Å². The van der Waals surface area contributed by atoms with Crippen molar-refractivity contribution in [3.8, 4) is 0 Å². The average Bonchev–Trinajstić information content (AvgIpc) is 2.97. The largest absolute Gasteiger partial charge is 0.378 e. The minimum Gasteiger partial charge on any atom is -0.378 e. The molecule has 2 rings (SSSR count). The highest BCUT2D eigenvalue weighted by molar-refractivity contribution is 7.89. The van der Waals surface area contributed by atoms with Crippen LogP contribution in [-0.2, 0) is 21.2 Å². The van der Waals surface area contributed by atoms with Gasteiger partial charge >= 0.3 is 0 Å². The molecule has 0 bridgehead atoms. The van der Waals surface area contributed by atoms with E-state index in [2.05, 4.69) is 10.1 Å². The smallest absolute Gasteiger partial charge is 0.211 e. The van der Waals surface area contributed by atoms with Gasteiger partial charge in [-0.2, -0.15) is 11.3 Å². The second-order valence-corrected chi connectivity index (χ2v) is 7.75. The number of sulfonamides is 1. The SMILES string of the molecule is C[C@H](Cc1ccsc1)NS(=O)(=O)CC[C@@H]1CCCO1. The summed E-state index contributed by atoms with van der Waals surface area (Å²) in [6.45, 7) is 2.67. The zero-order valence-corrected chi connectivity index (χ0v) is 12.8. The molecular weight excluding hydrogens is 282 g/mol. The van der Waals surface area contributed by atoms with E-state index in [0.29, 0.717) is 6.42 Å². The molecule has 1 aromatic rings. The number of thiophene rings is 1. The van der Waals surface area contributed by atoms with E-state index in [1.54, 1.807) is 11.3 Å². The second kappa shape index (κ2) is 6.83. The van der Waals surface area contributed by atoms with Crippen LogP contribution in [0.3, 0.4) is 0 Å². The molecule has 2 atom stereocenters. The molecule has 0 aliphatic carbocycles. The summed E-state index contributed by atoms with van der Waals surface area (Å²) in [7, 11) is -3.20. The van der Waals surface area contributed by atoms with Crippen LogP contribution >= 0.6 is 11.3 Å². The van der Waals surface area contributed by atoms with Gasteiger partial charge in [-0.25, -0.2) is 13.1 Å². The predicted octanol–water partition coefficient (Wildman–Crippen LogP) is 2.17. The molecule has 1 fully saturated rings. The van der Waals surface area contributed by atoms with Gasteiger partial charge in [-0.05, 0) is 55.0 Å². The van der Waals surface area contributed by atoms with E-state index >= 15 is 0 Å². The first-order valence-corrected chi connectivity index (χ1v) is 9.27. The first kappa shape index (κ1) is 15.0. The van der Waals surface area contributed by atoms with Crippen LogP contribution in [0.15, 0.2) is 16.8 Å². The summed E-state index contributed by atoms with van der Waals surface area (Å²) >= 11 is 1.63. The van der Waals surface area contributed by atoms with Gasteiger partial charge in [0.15, 0.2) is 0 Å². The summed E-state index contributed by atoms with van der Waals surface area (Å²) in [6.07, 6.45) is 3.50. The number of hydrogen-bond donors (Lipinski definition) is 1. The minimum atomic E-state index is -3.20. The first-order valence-electron chi connectivity index (χ1n) is 6.68. The molecule has 0 amide bonds. The van der Waals surface area contributed by atoms with Crippen molar-refractivity contribution in [2.45, 2.75) is 44.8 Å². The summed E-state index contributed by atoms with van der Waals surface area (Å²) in [4.78, 5) is 0. The Morgan fingerprint density at radius 3 is 3.05 bits per heavy atom. The molecule has 0 aromatic carbocycles. The van der Waals surface area contributed by atoms with Crippen molar-refractivity contribution in [3.63, 3.8) is 0 Å².